The Morgan fingerprint density at radius 3 is 2.35 bits per heavy atom. The van der Waals surface area contributed by atoms with Gasteiger partial charge in [-0.3, -0.25) is 0 Å². The summed E-state index contributed by atoms with van der Waals surface area (Å²) in [7, 11) is 4.67. The van der Waals surface area contributed by atoms with E-state index in [-0.39, 0.29) is 12.2 Å². The van der Waals surface area contributed by atoms with Gasteiger partial charge in [0.15, 0.2) is 6.29 Å². The largest absolute Gasteiger partial charge is 0.483 e. The van der Waals surface area contributed by atoms with Crippen LogP contribution in [0.4, 0.5) is 0 Å². The van der Waals surface area contributed by atoms with Crippen LogP contribution in [-0.2, 0) is 23.7 Å². The molecule has 0 saturated carbocycles. The predicted molar refractivity (Wildman–Crippen MR) is 88.8 cm³/mol. The van der Waals surface area contributed by atoms with E-state index in [1.54, 1.807) is 14.2 Å². The summed E-state index contributed by atoms with van der Waals surface area (Å²) < 4.78 is 21.8. The molecule has 0 N–H and O–H groups in total. The number of allylic oxidation sites excluding steroid dienone is 1. The first kappa shape index (κ1) is 19.7. The maximum atomic E-state index is 11.6. The van der Waals surface area contributed by atoms with Crippen LogP contribution >= 0.6 is 0 Å². The van der Waals surface area contributed by atoms with Crippen LogP contribution in [0.2, 0.25) is 0 Å². The van der Waals surface area contributed by atoms with E-state index in [1.807, 2.05) is 0 Å². The molecular formula is C18H30O5. The highest BCUT2D eigenvalue weighted by atomic mass is 16.7. The topological polar surface area (TPSA) is 54.0 Å². The highest BCUT2D eigenvalue weighted by molar-refractivity contribution is 5.83. The van der Waals surface area contributed by atoms with E-state index >= 15 is 0 Å². The van der Waals surface area contributed by atoms with Crippen LogP contribution in [0.15, 0.2) is 23.5 Å². The molecule has 0 amide bonds. The van der Waals surface area contributed by atoms with Gasteiger partial charge in [-0.25, -0.2) is 4.79 Å². The van der Waals surface area contributed by atoms with Crippen LogP contribution in [-0.4, -0.2) is 39.2 Å². The molecule has 0 aromatic rings. The Morgan fingerprint density at radius 2 is 1.91 bits per heavy atom. The molecule has 132 valence electrons. The molecule has 0 bridgehead atoms. The molecule has 5 nitrogen and oxygen atoms in total. The maximum absolute atomic E-state index is 11.6. The first-order valence-corrected chi connectivity index (χ1v) is 8.25. The smallest absolute Gasteiger partial charge is 0.334 e. The van der Waals surface area contributed by atoms with Gasteiger partial charge < -0.3 is 18.9 Å². The van der Waals surface area contributed by atoms with Gasteiger partial charge in [0.2, 0.25) is 0 Å². The lowest BCUT2D eigenvalue weighted by Gasteiger charge is -2.33. The summed E-state index contributed by atoms with van der Waals surface area (Å²) >= 11 is 0. The lowest BCUT2D eigenvalue weighted by atomic mass is 9.85. The van der Waals surface area contributed by atoms with Crippen LogP contribution in [0, 0.1) is 5.92 Å². The molecule has 0 aromatic heterocycles. The van der Waals surface area contributed by atoms with Crippen molar-refractivity contribution in [3.8, 4) is 0 Å². The zero-order chi connectivity index (χ0) is 17.5. The molecule has 0 spiro atoms. The van der Waals surface area contributed by atoms with E-state index < -0.39 is 11.6 Å². The average molecular weight is 326 g/mol. The quantitative estimate of drug-likeness (QED) is 0.368. The van der Waals surface area contributed by atoms with Crippen molar-refractivity contribution in [3.05, 3.63) is 23.5 Å². The van der Waals surface area contributed by atoms with Gasteiger partial charge in [-0.15, -0.1) is 0 Å². The summed E-state index contributed by atoms with van der Waals surface area (Å²) in [5.74, 6) is 0.421. The Hall–Kier alpha value is -1.33. The van der Waals surface area contributed by atoms with Gasteiger partial charge in [-0.05, 0) is 37.3 Å². The number of hydrogen-bond donors (Lipinski definition) is 0. The molecule has 2 atom stereocenters. The van der Waals surface area contributed by atoms with Gasteiger partial charge in [0.25, 0.3) is 0 Å². The van der Waals surface area contributed by atoms with E-state index in [4.69, 9.17) is 18.9 Å². The molecule has 0 aliphatic carbocycles. The molecule has 1 aliphatic rings. The zero-order valence-corrected chi connectivity index (χ0v) is 15.2. The molecule has 1 heterocycles. The first-order valence-electron chi connectivity index (χ1n) is 8.25. The summed E-state index contributed by atoms with van der Waals surface area (Å²) in [4.78, 5) is 11.6. The van der Waals surface area contributed by atoms with Crippen molar-refractivity contribution < 1.29 is 23.7 Å². The number of ether oxygens (including phenoxy) is 4. The van der Waals surface area contributed by atoms with E-state index in [9.17, 15) is 4.79 Å². The molecule has 0 fully saturated rings. The molecule has 0 aromatic carbocycles. The minimum Gasteiger partial charge on any atom is -0.483 e. The van der Waals surface area contributed by atoms with Crippen molar-refractivity contribution in [2.75, 3.05) is 21.3 Å². The highest BCUT2D eigenvalue weighted by Crippen LogP contribution is 2.41. The Balaban J connectivity index is 3.04. The molecule has 0 unspecified atom stereocenters. The fourth-order valence-corrected chi connectivity index (χ4v) is 3.04. The molecule has 23 heavy (non-hydrogen) atoms. The predicted octanol–water partition coefficient (Wildman–Crippen LogP) is 3.59. The summed E-state index contributed by atoms with van der Waals surface area (Å²) in [5.41, 5.74) is 0.611. The second-order valence-corrected chi connectivity index (χ2v) is 5.79. The molecule has 0 saturated heterocycles. The first-order chi connectivity index (χ1) is 11.0. The van der Waals surface area contributed by atoms with E-state index in [1.165, 1.54) is 13.2 Å². The molecule has 0 radical (unpaired) electrons. The summed E-state index contributed by atoms with van der Waals surface area (Å²) in [5, 5.41) is 0. The van der Waals surface area contributed by atoms with Crippen molar-refractivity contribution in [3.63, 3.8) is 0 Å². The number of rotatable bonds is 9. The third-order valence-corrected chi connectivity index (χ3v) is 4.48. The lowest BCUT2D eigenvalue weighted by molar-refractivity contribution is -0.149. The Labute approximate surface area is 139 Å². The van der Waals surface area contributed by atoms with Gasteiger partial charge in [0.1, 0.15) is 11.4 Å². The standard InChI is InChI=1S/C18H30O5/c1-7-13-11-18(9-3,23-15(13)10-16(19)20-4)12-14(8-2)17(21-5)22-6/h10-11,14,17H,7-9,12H2,1-6H3/b15-10-/t14-,18+/m1/s1. The highest BCUT2D eigenvalue weighted by Gasteiger charge is 2.39. The number of carbonyl (C=O) groups is 1. The maximum Gasteiger partial charge on any atom is 0.334 e. The Bertz CT molecular complexity index is 450. The summed E-state index contributed by atoms with van der Waals surface area (Å²) in [6, 6.07) is 0. The lowest BCUT2D eigenvalue weighted by Crippen LogP contribution is -2.35. The Kier molecular flexibility index (Phi) is 7.79. The van der Waals surface area contributed by atoms with Gasteiger partial charge in [0, 0.05) is 20.1 Å². The minimum absolute atomic E-state index is 0.205. The van der Waals surface area contributed by atoms with Crippen molar-refractivity contribution in [2.24, 2.45) is 5.92 Å². The third kappa shape index (κ3) is 4.82. The second kappa shape index (κ2) is 9.08. The average Bonchev–Trinajstić information content (AvgIpc) is 2.92. The Morgan fingerprint density at radius 1 is 1.26 bits per heavy atom. The van der Waals surface area contributed by atoms with E-state index in [0.717, 1.165) is 31.3 Å². The SMILES string of the molecule is CCC1=C[C@@](CC)(C[C@@H](CC)C(OC)OC)O/C1=C\C(=O)OC. The van der Waals surface area contributed by atoms with Crippen molar-refractivity contribution in [1.29, 1.82) is 0 Å². The summed E-state index contributed by atoms with van der Waals surface area (Å²) in [6.45, 7) is 6.26. The number of hydrogen-bond acceptors (Lipinski definition) is 5. The molecule has 5 heteroatoms. The van der Waals surface area contributed by atoms with Gasteiger partial charge in [0.05, 0.1) is 13.2 Å². The second-order valence-electron chi connectivity index (χ2n) is 5.79. The van der Waals surface area contributed by atoms with Crippen molar-refractivity contribution in [2.45, 2.75) is 58.3 Å². The third-order valence-electron chi connectivity index (χ3n) is 4.48. The van der Waals surface area contributed by atoms with E-state index in [0.29, 0.717) is 5.76 Å². The molecular weight excluding hydrogens is 296 g/mol. The van der Waals surface area contributed by atoms with Crippen LogP contribution < -0.4 is 0 Å². The monoisotopic (exact) mass is 326 g/mol. The van der Waals surface area contributed by atoms with Gasteiger partial charge in [-0.1, -0.05) is 20.8 Å². The fraction of sp³-hybridized carbons (Fsp3) is 0.722. The van der Waals surface area contributed by atoms with Gasteiger partial charge in [-0.2, -0.15) is 0 Å². The number of methoxy groups -OCH3 is 3. The van der Waals surface area contributed by atoms with Crippen molar-refractivity contribution in [1.82, 2.24) is 0 Å². The van der Waals surface area contributed by atoms with Crippen molar-refractivity contribution >= 4 is 5.97 Å². The minimum atomic E-state index is -0.429. The van der Waals surface area contributed by atoms with Crippen LogP contribution in [0.3, 0.4) is 0 Å². The molecule has 1 rings (SSSR count). The van der Waals surface area contributed by atoms with Crippen LogP contribution in [0.25, 0.3) is 0 Å². The number of carbonyl (C=O) groups excluding carboxylic acids is 1. The number of esters is 1. The molecule has 1 aliphatic heterocycles. The van der Waals surface area contributed by atoms with Crippen LogP contribution in [0.5, 0.6) is 0 Å². The van der Waals surface area contributed by atoms with Crippen LogP contribution in [0.1, 0.15) is 46.5 Å². The normalized spacial score (nSPS) is 23.8. The zero-order valence-electron chi connectivity index (χ0n) is 15.2. The van der Waals surface area contributed by atoms with Gasteiger partial charge >= 0.3 is 5.97 Å². The summed E-state index contributed by atoms with van der Waals surface area (Å²) in [6.07, 6.45) is 6.62. The fourth-order valence-electron chi connectivity index (χ4n) is 3.04. The van der Waals surface area contributed by atoms with E-state index in [2.05, 4.69) is 26.8 Å².